The Labute approximate surface area is 293 Å². The van der Waals surface area contributed by atoms with Gasteiger partial charge < -0.3 is 4.57 Å². The summed E-state index contributed by atoms with van der Waals surface area (Å²) in [6.45, 7) is 11.1. The summed E-state index contributed by atoms with van der Waals surface area (Å²) in [5, 5.41) is 5.63. The van der Waals surface area contributed by atoms with Crippen molar-refractivity contribution in [2.45, 2.75) is 45.4 Å². The molecule has 8 aromatic rings. The summed E-state index contributed by atoms with van der Waals surface area (Å²) in [6, 6.07) is 52.1. The third-order valence-electron chi connectivity index (χ3n) is 10.7. The minimum atomic E-state index is -0.444. The molecule has 0 saturated carbocycles. The van der Waals surface area contributed by atoms with E-state index >= 15 is 0 Å². The molecule has 1 aliphatic carbocycles. The van der Waals surface area contributed by atoms with E-state index in [1.165, 1.54) is 77.1 Å². The molecule has 0 amide bonds. The minimum absolute atomic E-state index is 0.0135. The van der Waals surface area contributed by atoms with E-state index in [2.05, 4.69) is 179 Å². The summed E-state index contributed by atoms with van der Waals surface area (Å²) in [5.41, 5.74) is 14.4. The van der Waals surface area contributed by atoms with Gasteiger partial charge in [-0.05, 0) is 117 Å². The monoisotopic (exact) mass is 651 g/mol. The fourth-order valence-electron chi connectivity index (χ4n) is 8.38. The lowest BCUT2D eigenvalue weighted by molar-refractivity contribution is 0.591. The third kappa shape index (κ3) is 4.38. The molecular weight excluding hydrogens is 614 g/mol. The fraction of sp³-hybridized carbons (Fsp3) is 0.149. The maximum absolute atomic E-state index is 7.25. The van der Waals surface area contributed by atoms with Gasteiger partial charge in [-0.3, -0.25) is 0 Å². The highest BCUT2D eigenvalue weighted by Crippen LogP contribution is 2.57. The van der Waals surface area contributed by atoms with Crippen LogP contribution in [0.2, 0.25) is 5.02 Å². The van der Waals surface area contributed by atoms with Crippen molar-refractivity contribution in [3.63, 3.8) is 0 Å². The molecule has 238 valence electrons. The highest BCUT2D eigenvalue weighted by molar-refractivity contribution is 6.36. The van der Waals surface area contributed by atoms with Crippen molar-refractivity contribution in [3.05, 3.63) is 183 Å². The molecule has 0 fully saturated rings. The summed E-state index contributed by atoms with van der Waals surface area (Å²) in [4.78, 5) is 0. The minimum Gasteiger partial charge on any atom is -0.308 e. The predicted octanol–water partition coefficient (Wildman–Crippen LogP) is 12.9. The molecule has 9 rings (SSSR count). The second kappa shape index (κ2) is 10.7. The highest BCUT2D eigenvalue weighted by atomic mass is 35.5. The van der Waals surface area contributed by atoms with Gasteiger partial charge in [0, 0.05) is 16.5 Å². The zero-order chi connectivity index (χ0) is 33.7. The van der Waals surface area contributed by atoms with E-state index in [-0.39, 0.29) is 5.41 Å². The first-order valence-corrected chi connectivity index (χ1v) is 17.6. The average Bonchev–Trinajstić information content (AvgIpc) is 3.57. The number of hydrogen-bond acceptors (Lipinski definition) is 0. The van der Waals surface area contributed by atoms with Gasteiger partial charge in [0.1, 0.15) is 0 Å². The van der Waals surface area contributed by atoms with Gasteiger partial charge in [0.2, 0.25) is 0 Å². The van der Waals surface area contributed by atoms with Gasteiger partial charge in [-0.15, -0.1) is 0 Å². The Hall–Kier alpha value is -5.11. The highest BCUT2D eigenvalue weighted by Gasteiger charge is 2.46. The van der Waals surface area contributed by atoms with Gasteiger partial charge in [-0.1, -0.05) is 135 Å². The molecule has 0 radical (unpaired) electrons. The van der Waals surface area contributed by atoms with Crippen LogP contribution in [-0.4, -0.2) is 4.57 Å². The van der Waals surface area contributed by atoms with E-state index in [9.17, 15) is 0 Å². The van der Waals surface area contributed by atoms with Crippen LogP contribution >= 0.6 is 11.6 Å². The van der Waals surface area contributed by atoms with E-state index in [0.29, 0.717) is 0 Å². The van der Waals surface area contributed by atoms with E-state index in [1.807, 2.05) is 0 Å². The van der Waals surface area contributed by atoms with Crippen molar-refractivity contribution in [1.82, 2.24) is 4.57 Å². The molecular formula is C47H38ClN. The molecule has 0 bridgehead atoms. The normalized spacial score (nSPS) is 13.7. The van der Waals surface area contributed by atoms with Crippen LogP contribution < -0.4 is 0 Å². The van der Waals surface area contributed by atoms with Crippen molar-refractivity contribution in [2.24, 2.45) is 0 Å². The number of nitrogens with zero attached hydrogens (tertiary/aromatic N) is 1. The first-order valence-electron chi connectivity index (χ1n) is 17.2. The van der Waals surface area contributed by atoms with Crippen LogP contribution in [0.15, 0.2) is 140 Å². The molecule has 2 heteroatoms. The molecule has 1 heterocycles. The van der Waals surface area contributed by atoms with Crippen LogP contribution in [0.25, 0.3) is 49.4 Å². The van der Waals surface area contributed by atoms with E-state index < -0.39 is 5.41 Å². The smallest absolute Gasteiger partial charge is 0.0727 e. The molecule has 0 N–H and O–H groups in total. The van der Waals surface area contributed by atoms with Gasteiger partial charge in [-0.25, -0.2) is 0 Å². The van der Waals surface area contributed by atoms with E-state index in [4.69, 9.17) is 11.6 Å². The van der Waals surface area contributed by atoms with Gasteiger partial charge in [0.15, 0.2) is 0 Å². The molecule has 49 heavy (non-hydrogen) atoms. The van der Waals surface area contributed by atoms with Crippen molar-refractivity contribution < 1.29 is 0 Å². The van der Waals surface area contributed by atoms with Crippen LogP contribution in [0.1, 0.15) is 59.7 Å². The van der Waals surface area contributed by atoms with Crippen LogP contribution in [-0.2, 0) is 10.8 Å². The summed E-state index contributed by atoms with van der Waals surface area (Å²) >= 11 is 7.25. The lowest BCUT2D eigenvalue weighted by Crippen LogP contribution is -2.28. The zero-order valence-electron chi connectivity index (χ0n) is 28.6. The maximum atomic E-state index is 7.25. The van der Waals surface area contributed by atoms with Crippen LogP contribution in [0.3, 0.4) is 0 Å². The Bertz CT molecular complexity index is 2560. The second-order valence-corrected chi connectivity index (χ2v) is 15.3. The topological polar surface area (TPSA) is 4.93 Å². The quantitative estimate of drug-likeness (QED) is 0.179. The van der Waals surface area contributed by atoms with Gasteiger partial charge in [0.05, 0.1) is 21.5 Å². The summed E-state index contributed by atoms with van der Waals surface area (Å²) in [5.74, 6) is 0. The maximum Gasteiger partial charge on any atom is 0.0727 e. The largest absolute Gasteiger partial charge is 0.308 e. The fourth-order valence-corrected chi connectivity index (χ4v) is 8.68. The number of aromatic nitrogens is 1. The van der Waals surface area contributed by atoms with Crippen LogP contribution in [0.5, 0.6) is 0 Å². The number of aryl methyl sites for hydroxylation is 2. The number of benzene rings is 7. The number of fused-ring (bicyclic) bond motifs is 7. The van der Waals surface area contributed by atoms with Crippen LogP contribution in [0.4, 0.5) is 0 Å². The Balaban J connectivity index is 1.36. The predicted molar refractivity (Wildman–Crippen MR) is 209 cm³/mol. The summed E-state index contributed by atoms with van der Waals surface area (Å²) in [7, 11) is 0. The molecule has 0 unspecified atom stereocenters. The number of rotatable bonds is 3. The lowest BCUT2D eigenvalue weighted by atomic mass is 9.67. The van der Waals surface area contributed by atoms with Gasteiger partial charge in [-0.2, -0.15) is 0 Å². The Morgan fingerprint density at radius 1 is 0.551 bits per heavy atom. The average molecular weight is 652 g/mol. The lowest BCUT2D eigenvalue weighted by Gasteiger charge is -2.34. The third-order valence-corrected chi connectivity index (χ3v) is 11.0. The molecule has 7 aromatic carbocycles. The Kier molecular flexibility index (Phi) is 6.54. The molecule has 1 aromatic heterocycles. The van der Waals surface area contributed by atoms with Crippen molar-refractivity contribution in [2.75, 3.05) is 0 Å². The number of hydrogen-bond donors (Lipinski definition) is 0. The van der Waals surface area contributed by atoms with Crippen molar-refractivity contribution >= 4 is 44.2 Å². The summed E-state index contributed by atoms with van der Waals surface area (Å²) < 4.78 is 2.37. The van der Waals surface area contributed by atoms with Gasteiger partial charge in [0.25, 0.3) is 0 Å². The van der Waals surface area contributed by atoms with Crippen molar-refractivity contribution in [3.8, 4) is 16.8 Å². The van der Waals surface area contributed by atoms with Crippen LogP contribution in [0, 0.1) is 13.8 Å². The molecule has 0 aliphatic heterocycles. The number of halogens is 1. The van der Waals surface area contributed by atoms with Crippen molar-refractivity contribution in [1.29, 1.82) is 0 Å². The first-order chi connectivity index (χ1) is 23.6. The van der Waals surface area contributed by atoms with E-state index in [0.717, 1.165) is 16.2 Å². The molecule has 0 saturated heterocycles. The molecule has 0 atom stereocenters. The standard InChI is InChI=1S/C47H38ClN/c1-29-16-20-37-39-25-31-18-19-36(49-44-23-30(2)17-21-38(44)40-27-35(46(3,4)5)28-43(48)45(40)49)24-32(31)26-42(39)47(41(37)22-29,33-12-8-6-9-13-33)34-14-10-7-11-15-34/h6-28H,1-5H3. The SMILES string of the molecule is Cc1ccc2c(c1)C(c1ccccc1)(c1ccccc1)c1cc3cc(-n4c5cc(C)ccc5c5cc(C(C)(C)C)cc(Cl)c54)ccc3cc1-2. The Morgan fingerprint density at radius 3 is 1.90 bits per heavy atom. The molecule has 1 aliphatic rings. The van der Waals surface area contributed by atoms with Gasteiger partial charge >= 0.3 is 0 Å². The summed E-state index contributed by atoms with van der Waals surface area (Å²) in [6.07, 6.45) is 0. The Morgan fingerprint density at radius 2 is 1.20 bits per heavy atom. The first kappa shape index (κ1) is 30.0. The molecule has 0 spiro atoms. The second-order valence-electron chi connectivity index (χ2n) is 14.9. The zero-order valence-corrected chi connectivity index (χ0v) is 29.4. The van der Waals surface area contributed by atoms with E-state index in [1.54, 1.807) is 0 Å². The molecule has 1 nitrogen and oxygen atoms in total.